The highest BCUT2D eigenvalue weighted by Gasteiger charge is 2.28. The molecule has 1 N–H and O–H groups in total. The van der Waals surface area contributed by atoms with Gasteiger partial charge in [0, 0.05) is 24.3 Å². The molecule has 122 valence electrons. The smallest absolute Gasteiger partial charge is 0.228 e. The minimum Gasteiger partial charge on any atom is -0.337 e. The number of thiophene rings is 1. The summed E-state index contributed by atoms with van der Waals surface area (Å²) in [6, 6.07) is 2.25. The zero-order chi connectivity index (χ0) is 16.4. The van der Waals surface area contributed by atoms with E-state index in [0.29, 0.717) is 30.1 Å². The van der Waals surface area contributed by atoms with Crippen molar-refractivity contribution < 1.29 is 9.59 Å². The first-order valence-electron chi connectivity index (χ1n) is 8.21. The van der Waals surface area contributed by atoms with Crippen LogP contribution in [0.3, 0.4) is 0 Å². The Morgan fingerprint density at radius 1 is 1.30 bits per heavy atom. The van der Waals surface area contributed by atoms with Crippen LogP contribution in [0.1, 0.15) is 55.0 Å². The van der Waals surface area contributed by atoms with E-state index in [1.54, 1.807) is 11.8 Å². The molecule has 0 unspecified atom stereocenters. The first-order chi connectivity index (χ1) is 11.1. The average molecular weight is 331 g/mol. The van der Waals surface area contributed by atoms with Crippen LogP contribution in [0.15, 0.2) is 0 Å². The summed E-state index contributed by atoms with van der Waals surface area (Å²) < 4.78 is 0. The van der Waals surface area contributed by atoms with Crippen molar-refractivity contribution >= 4 is 28.2 Å². The predicted octanol–water partition coefficient (Wildman–Crippen LogP) is 3.04. The normalized spacial score (nSPS) is 18.2. The summed E-state index contributed by atoms with van der Waals surface area (Å²) in [4.78, 5) is 26.8. The number of hydrogen-bond donors (Lipinski definition) is 1. The Kier molecular flexibility index (Phi) is 4.67. The first-order valence-corrected chi connectivity index (χ1v) is 9.02. The van der Waals surface area contributed by atoms with Gasteiger partial charge in [0.2, 0.25) is 11.8 Å². The monoisotopic (exact) mass is 331 g/mol. The number of nitriles is 1. The van der Waals surface area contributed by atoms with E-state index in [1.165, 1.54) is 17.8 Å². The molecular formula is C17H21N3O2S. The number of carbonyl (C=O) groups is 2. The number of nitrogens with zero attached hydrogens (tertiary/aromatic N) is 2. The standard InChI is InChI=1S/C17H21N3O2S/c1-11(21)20-8-7-13-14(9-18)17(23-15(13)10-20)19-16(22)12-5-3-2-4-6-12/h12H,2-8,10H2,1H3,(H,19,22). The molecular weight excluding hydrogens is 310 g/mol. The van der Waals surface area contributed by atoms with Gasteiger partial charge in [0.05, 0.1) is 12.1 Å². The van der Waals surface area contributed by atoms with Gasteiger partial charge in [0.15, 0.2) is 0 Å². The summed E-state index contributed by atoms with van der Waals surface area (Å²) in [7, 11) is 0. The number of anilines is 1. The third-order valence-electron chi connectivity index (χ3n) is 4.83. The van der Waals surface area contributed by atoms with Gasteiger partial charge >= 0.3 is 0 Å². The van der Waals surface area contributed by atoms with E-state index in [4.69, 9.17) is 0 Å². The lowest BCUT2D eigenvalue weighted by molar-refractivity contribution is -0.129. The van der Waals surface area contributed by atoms with Crippen molar-refractivity contribution in [3.05, 3.63) is 16.0 Å². The van der Waals surface area contributed by atoms with Gasteiger partial charge in [-0.1, -0.05) is 19.3 Å². The second-order valence-corrected chi connectivity index (χ2v) is 7.44. The topological polar surface area (TPSA) is 73.2 Å². The highest BCUT2D eigenvalue weighted by Crippen LogP contribution is 2.37. The Hall–Kier alpha value is -1.87. The van der Waals surface area contributed by atoms with Crippen LogP contribution in [0.4, 0.5) is 5.00 Å². The number of amides is 2. The van der Waals surface area contributed by atoms with Crippen molar-refractivity contribution in [2.45, 2.75) is 52.0 Å². The van der Waals surface area contributed by atoms with Crippen LogP contribution in [0.5, 0.6) is 0 Å². The number of nitrogens with one attached hydrogen (secondary N) is 1. The molecule has 2 aliphatic rings. The Balaban J connectivity index is 1.79. The van der Waals surface area contributed by atoms with Crippen molar-refractivity contribution in [3.63, 3.8) is 0 Å². The summed E-state index contributed by atoms with van der Waals surface area (Å²) in [6.45, 7) is 2.75. The van der Waals surface area contributed by atoms with Gasteiger partial charge in [0.25, 0.3) is 0 Å². The zero-order valence-electron chi connectivity index (χ0n) is 13.4. The molecule has 1 aromatic heterocycles. The van der Waals surface area contributed by atoms with E-state index in [1.807, 2.05) is 0 Å². The molecule has 0 aromatic carbocycles. The number of fused-ring (bicyclic) bond motifs is 1. The molecule has 3 rings (SSSR count). The van der Waals surface area contributed by atoms with Crippen LogP contribution in [0.25, 0.3) is 0 Å². The van der Waals surface area contributed by atoms with Crippen LogP contribution in [0, 0.1) is 17.2 Å². The molecule has 1 fully saturated rings. The molecule has 2 heterocycles. The molecule has 0 bridgehead atoms. The zero-order valence-corrected chi connectivity index (χ0v) is 14.2. The molecule has 0 radical (unpaired) electrons. The van der Waals surface area contributed by atoms with Crippen molar-refractivity contribution in [1.82, 2.24) is 4.90 Å². The van der Waals surface area contributed by atoms with E-state index in [2.05, 4.69) is 11.4 Å². The van der Waals surface area contributed by atoms with Crippen molar-refractivity contribution in [2.24, 2.45) is 5.92 Å². The number of rotatable bonds is 2. The Morgan fingerprint density at radius 3 is 2.70 bits per heavy atom. The molecule has 1 saturated carbocycles. The third-order valence-corrected chi connectivity index (χ3v) is 5.96. The van der Waals surface area contributed by atoms with E-state index in [-0.39, 0.29) is 17.7 Å². The molecule has 0 atom stereocenters. The van der Waals surface area contributed by atoms with E-state index < -0.39 is 0 Å². The molecule has 2 amide bonds. The van der Waals surface area contributed by atoms with Crippen molar-refractivity contribution in [1.29, 1.82) is 5.26 Å². The van der Waals surface area contributed by atoms with Crippen LogP contribution >= 0.6 is 11.3 Å². The number of hydrogen-bond acceptors (Lipinski definition) is 4. The predicted molar refractivity (Wildman–Crippen MR) is 89.0 cm³/mol. The maximum Gasteiger partial charge on any atom is 0.228 e. The van der Waals surface area contributed by atoms with Gasteiger partial charge in [-0.25, -0.2) is 0 Å². The van der Waals surface area contributed by atoms with E-state index in [9.17, 15) is 14.9 Å². The second-order valence-electron chi connectivity index (χ2n) is 6.33. The molecule has 0 saturated heterocycles. The SMILES string of the molecule is CC(=O)N1CCc2c(sc(NC(=O)C3CCCCC3)c2C#N)C1. The average Bonchev–Trinajstić information content (AvgIpc) is 2.91. The van der Waals surface area contributed by atoms with E-state index >= 15 is 0 Å². The van der Waals surface area contributed by atoms with Gasteiger partial charge in [-0.05, 0) is 24.8 Å². The van der Waals surface area contributed by atoms with Gasteiger partial charge in [-0.15, -0.1) is 11.3 Å². The fourth-order valence-electron chi connectivity index (χ4n) is 3.46. The largest absolute Gasteiger partial charge is 0.337 e. The number of carbonyl (C=O) groups excluding carboxylic acids is 2. The van der Waals surface area contributed by atoms with Crippen LogP contribution in [0.2, 0.25) is 0 Å². The molecule has 23 heavy (non-hydrogen) atoms. The fraction of sp³-hybridized carbons (Fsp3) is 0.588. The Bertz CT molecular complexity index is 668. The van der Waals surface area contributed by atoms with Crippen molar-refractivity contribution in [3.8, 4) is 6.07 Å². The lowest BCUT2D eigenvalue weighted by Gasteiger charge is -2.25. The maximum absolute atomic E-state index is 12.4. The molecule has 5 nitrogen and oxygen atoms in total. The summed E-state index contributed by atoms with van der Waals surface area (Å²) in [5.41, 5.74) is 1.60. The van der Waals surface area contributed by atoms with E-state index in [0.717, 1.165) is 36.1 Å². The van der Waals surface area contributed by atoms with Crippen LogP contribution in [-0.2, 0) is 22.6 Å². The maximum atomic E-state index is 12.4. The molecule has 1 aliphatic carbocycles. The summed E-state index contributed by atoms with van der Waals surface area (Å²) >= 11 is 1.45. The molecule has 6 heteroatoms. The molecule has 1 aliphatic heterocycles. The lowest BCUT2D eigenvalue weighted by Crippen LogP contribution is -2.33. The second kappa shape index (κ2) is 6.71. The Labute approximate surface area is 140 Å². The summed E-state index contributed by atoms with van der Waals surface area (Å²) in [5, 5.41) is 13.1. The van der Waals surface area contributed by atoms with Gasteiger partial charge in [-0.2, -0.15) is 5.26 Å². The summed E-state index contributed by atoms with van der Waals surface area (Å²) in [5.74, 6) is 0.168. The highest BCUT2D eigenvalue weighted by molar-refractivity contribution is 7.16. The van der Waals surface area contributed by atoms with Crippen LogP contribution in [-0.4, -0.2) is 23.3 Å². The van der Waals surface area contributed by atoms with Crippen molar-refractivity contribution in [2.75, 3.05) is 11.9 Å². The summed E-state index contributed by atoms with van der Waals surface area (Å²) in [6.07, 6.45) is 6.00. The van der Waals surface area contributed by atoms with Gasteiger partial charge in [-0.3, -0.25) is 9.59 Å². The molecule has 1 aromatic rings. The minimum absolute atomic E-state index is 0.0446. The minimum atomic E-state index is 0.0446. The first kappa shape index (κ1) is 16.0. The Morgan fingerprint density at radius 2 is 2.04 bits per heavy atom. The van der Waals surface area contributed by atoms with Gasteiger partial charge < -0.3 is 10.2 Å². The van der Waals surface area contributed by atoms with Gasteiger partial charge in [0.1, 0.15) is 11.1 Å². The third kappa shape index (κ3) is 3.25. The van der Waals surface area contributed by atoms with Crippen LogP contribution < -0.4 is 5.32 Å². The lowest BCUT2D eigenvalue weighted by atomic mass is 9.89. The fourth-order valence-corrected chi connectivity index (χ4v) is 4.67. The highest BCUT2D eigenvalue weighted by atomic mass is 32.1. The molecule has 0 spiro atoms. The quantitative estimate of drug-likeness (QED) is 0.905.